The normalized spacial score (nSPS) is 24.7. The van der Waals surface area contributed by atoms with Crippen molar-refractivity contribution < 1.29 is 9.53 Å². The van der Waals surface area contributed by atoms with Crippen LogP contribution in [0.25, 0.3) is 0 Å². The summed E-state index contributed by atoms with van der Waals surface area (Å²) in [5, 5.41) is 0. The number of nitrogen functional groups attached to an aromatic ring is 1. The molecule has 1 aromatic carbocycles. The summed E-state index contributed by atoms with van der Waals surface area (Å²) in [5.41, 5.74) is 6.93. The van der Waals surface area contributed by atoms with E-state index in [2.05, 4.69) is 0 Å². The maximum absolute atomic E-state index is 12.3. The number of benzene rings is 1. The van der Waals surface area contributed by atoms with Crippen LogP contribution in [0, 0.1) is 0 Å². The van der Waals surface area contributed by atoms with Crippen molar-refractivity contribution in [2.45, 2.75) is 26.1 Å². The summed E-state index contributed by atoms with van der Waals surface area (Å²) in [5.74, 6) is -0.00917. The molecule has 1 amide bonds. The highest BCUT2D eigenvalue weighted by molar-refractivity contribution is 5.99. The number of para-hydroxylation sites is 1. The van der Waals surface area contributed by atoms with Crippen LogP contribution in [0.2, 0.25) is 0 Å². The molecular formula is C13H18N2O2. The maximum Gasteiger partial charge on any atom is 0.256 e. The molecule has 0 bridgehead atoms. The number of nitrogens with two attached hydrogens (primary N) is 1. The summed E-state index contributed by atoms with van der Waals surface area (Å²) in [7, 11) is 0. The Morgan fingerprint density at radius 2 is 1.88 bits per heavy atom. The van der Waals surface area contributed by atoms with Gasteiger partial charge in [-0.15, -0.1) is 0 Å². The summed E-state index contributed by atoms with van der Waals surface area (Å²) in [6.45, 7) is 5.20. The van der Waals surface area contributed by atoms with Crippen LogP contribution in [0.5, 0.6) is 0 Å². The number of anilines is 1. The van der Waals surface area contributed by atoms with E-state index in [1.54, 1.807) is 12.1 Å². The average Bonchev–Trinajstić information content (AvgIpc) is 2.27. The Balaban J connectivity index is 2.17. The second-order valence-corrected chi connectivity index (χ2v) is 4.55. The third-order valence-corrected chi connectivity index (χ3v) is 2.90. The van der Waals surface area contributed by atoms with Crippen molar-refractivity contribution in [2.75, 3.05) is 18.8 Å². The first-order valence-corrected chi connectivity index (χ1v) is 5.87. The minimum absolute atomic E-state index is 0.00917. The molecule has 1 aliphatic heterocycles. The van der Waals surface area contributed by atoms with E-state index in [9.17, 15) is 4.79 Å². The minimum Gasteiger partial charge on any atom is -0.398 e. The third-order valence-electron chi connectivity index (χ3n) is 2.90. The smallest absolute Gasteiger partial charge is 0.256 e. The third kappa shape index (κ3) is 2.58. The van der Waals surface area contributed by atoms with Gasteiger partial charge in [0.15, 0.2) is 0 Å². The molecule has 0 spiro atoms. The van der Waals surface area contributed by atoms with Crippen molar-refractivity contribution in [2.24, 2.45) is 0 Å². The van der Waals surface area contributed by atoms with Gasteiger partial charge >= 0.3 is 0 Å². The number of ether oxygens (including phenoxy) is 1. The Kier molecular flexibility index (Phi) is 3.33. The first kappa shape index (κ1) is 11.9. The Morgan fingerprint density at radius 1 is 1.29 bits per heavy atom. The lowest BCUT2D eigenvalue weighted by Gasteiger charge is -2.35. The zero-order chi connectivity index (χ0) is 12.4. The Hall–Kier alpha value is -1.55. The van der Waals surface area contributed by atoms with E-state index in [1.165, 1.54) is 0 Å². The summed E-state index contributed by atoms with van der Waals surface area (Å²) < 4.78 is 5.61. The monoisotopic (exact) mass is 234 g/mol. The number of carbonyl (C=O) groups excluding carboxylic acids is 1. The van der Waals surface area contributed by atoms with Crippen molar-refractivity contribution in [3.63, 3.8) is 0 Å². The highest BCUT2D eigenvalue weighted by Crippen LogP contribution is 2.17. The van der Waals surface area contributed by atoms with Crippen LogP contribution in [-0.4, -0.2) is 36.1 Å². The predicted octanol–water partition coefficient (Wildman–Crippen LogP) is 1.52. The van der Waals surface area contributed by atoms with Gasteiger partial charge in [-0.3, -0.25) is 4.79 Å². The fourth-order valence-corrected chi connectivity index (χ4v) is 2.21. The van der Waals surface area contributed by atoms with Gasteiger partial charge in [0.05, 0.1) is 17.8 Å². The molecule has 1 aliphatic rings. The lowest BCUT2D eigenvalue weighted by molar-refractivity contribution is -0.0585. The van der Waals surface area contributed by atoms with E-state index >= 15 is 0 Å². The van der Waals surface area contributed by atoms with E-state index < -0.39 is 0 Å². The molecule has 1 heterocycles. The minimum atomic E-state index is -0.00917. The molecule has 4 nitrogen and oxygen atoms in total. The number of nitrogens with zero attached hydrogens (tertiary/aromatic N) is 1. The molecule has 1 fully saturated rings. The first-order chi connectivity index (χ1) is 8.08. The molecule has 0 saturated carbocycles. The second-order valence-electron chi connectivity index (χ2n) is 4.55. The zero-order valence-electron chi connectivity index (χ0n) is 10.2. The van der Waals surface area contributed by atoms with E-state index in [4.69, 9.17) is 10.5 Å². The second kappa shape index (κ2) is 4.75. The molecule has 17 heavy (non-hydrogen) atoms. The highest BCUT2D eigenvalue weighted by Gasteiger charge is 2.27. The largest absolute Gasteiger partial charge is 0.398 e. The molecule has 92 valence electrons. The molecule has 1 aromatic rings. The molecule has 1 saturated heterocycles. The molecular weight excluding hydrogens is 216 g/mol. The van der Waals surface area contributed by atoms with Gasteiger partial charge in [0.1, 0.15) is 0 Å². The van der Waals surface area contributed by atoms with Gasteiger partial charge in [-0.1, -0.05) is 12.1 Å². The van der Waals surface area contributed by atoms with E-state index in [1.807, 2.05) is 30.9 Å². The van der Waals surface area contributed by atoms with E-state index in [0.29, 0.717) is 24.3 Å². The van der Waals surface area contributed by atoms with Gasteiger partial charge in [-0.2, -0.15) is 0 Å². The van der Waals surface area contributed by atoms with E-state index in [-0.39, 0.29) is 18.1 Å². The van der Waals surface area contributed by atoms with Gasteiger partial charge in [-0.05, 0) is 26.0 Å². The van der Waals surface area contributed by atoms with Crippen LogP contribution in [0.4, 0.5) is 5.69 Å². The topological polar surface area (TPSA) is 55.6 Å². The van der Waals surface area contributed by atoms with Gasteiger partial charge in [-0.25, -0.2) is 0 Å². The maximum atomic E-state index is 12.3. The van der Waals surface area contributed by atoms with Crippen molar-refractivity contribution in [3.8, 4) is 0 Å². The summed E-state index contributed by atoms with van der Waals surface area (Å²) in [4.78, 5) is 14.1. The SMILES string of the molecule is C[C@@H]1CN(C(=O)c2ccccc2N)C[C@@H](C)O1. The fourth-order valence-electron chi connectivity index (χ4n) is 2.21. The van der Waals surface area contributed by atoms with Crippen molar-refractivity contribution in [1.82, 2.24) is 4.90 Å². The lowest BCUT2D eigenvalue weighted by atomic mass is 10.1. The number of hydrogen-bond donors (Lipinski definition) is 1. The summed E-state index contributed by atoms with van der Waals surface area (Å²) in [6.07, 6.45) is 0.153. The van der Waals surface area contributed by atoms with Crippen LogP contribution in [0.15, 0.2) is 24.3 Å². The van der Waals surface area contributed by atoms with Gasteiger partial charge in [0.25, 0.3) is 5.91 Å². The van der Waals surface area contributed by atoms with Crippen LogP contribution < -0.4 is 5.73 Å². The molecule has 0 unspecified atom stereocenters. The number of hydrogen-bond acceptors (Lipinski definition) is 3. The standard InChI is InChI=1S/C13H18N2O2/c1-9-7-15(8-10(2)17-9)13(16)11-5-3-4-6-12(11)14/h3-6,9-10H,7-8,14H2,1-2H3/t9-,10-/m1/s1. The average molecular weight is 234 g/mol. The Labute approximate surface area is 101 Å². The predicted molar refractivity (Wildman–Crippen MR) is 66.8 cm³/mol. The molecule has 2 N–H and O–H groups in total. The molecule has 2 rings (SSSR count). The summed E-state index contributed by atoms with van der Waals surface area (Å²) >= 11 is 0. The Bertz CT molecular complexity index is 410. The lowest BCUT2D eigenvalue weighted by Crippen LogP contribution is -2.48. The van der Waals surface area contributed by atoms with E-state index in [0.717, 1.165) is 0 Å². The van der Waals surface area contributed by atoms with Crippen molar-refractivity contribution >= 4 is 11.6 Å². The number of carbonyl (C=O) groups is 1. The molecule has 0 aromatic heterocycles. The van der Waals surface area contributed by atoms with Crippen molar-refractivity contribution in [3.05, 3.63) is 29.8 Å². The molecule has 0 aliphatic carbocycles. The van der Waals surface area contributed by atoms with Crippen LogP contribution in [0.1, 0.15) is 24.2 Å². The van der Waals surface area contributed by atoms with Crippen LogP contribution in [-0.2, 0) is 4.74 Å². The van der Waals surface area contributed by atoms with Crippen molar-refractivity contribution in [1.29, 1.82) is 0 Å². The molecule has 4 heteroatoms. The number of morpholine rings is 1. The zero-order valence-corrected chi connectivity index (χ0v) is 10.2. The molecule has 2 atom stereocenters. The van der Waals surface area contributed by atoms with Gasteiger partial charge in [0.2, 0.25) is 0 Å². The van der Waals surface area contributed by atoms with Gasteiger partial charge < -0.3 is 15.4 Å². The highest BCUT2D eigenvalue weighted by atomic mass is 16.5. The summed E-state index contributed by atoms with van der Waals surface area (Å²) in [6, 6.07) is 7.18. The first-order valence-electron chi connectivity index (χ1n) is 5.87. The van der Waals surface area contributed by atoms with Crippen LogP contribution >= 0.6 is 0 Å². The molecule has 0 radical (unpaired) electrons. The quantitative estimate of drug-likeness (QED) is 0.749. The van der Waals surface area contributed by atoms with Crippen LogP contribution in [0.3, 0.4) is 0 Å². The van der Waals surface area contributed by atoms with Gasteiger partial charge in [0, 0.05) is 18.8 Å². The number of amides is 1. The Morgan fingerprint density at radius 3 is 2.47 bits per heavy atom. The number of rotatable bonds is 1. The fraction of sp³-hybridized carbons (Fsp3) is 0.462.